The van der Waals surface area contributed by atoms with Gasteiger partial charge in [-0.1, -0.05) is 44.7 Å². The van der Waals surface area contributed by atoms with E-state index < -0.39 is 0 Å². The van der Waals surface area contributed by atoms with Crippen LogP contribution < -0.4 is 16.2 Å². The molecule has 0 spiro atoms. The zero-order chi connectivity index (χ0) is 16.2. The Labute approximate surface area is 135 Å². The molecule has 0 atom stereocenters. The van der Waals surface area contributed by atoms with Crippen molar-refractivity contribution in [2.45, 2.75) is 31.3 Å². The van der Waals surface area contributed by atoms with Gasteiger partial charge in [0.2, 0.25) is 0 Å². The number of hydrogen-bond donors (Lipinski definition) is 2. The van der Waals surface area contributed by atoms with Crippen molar-refractivity contribution in [2.75, 3.05) is 23.8 Å². The van der Waals surface area contributed by atoms with E-state index in [2.05, 4.69) is 42.9 Å². The molecule has 0 unspecified atom stereocenters. The Bertz CT molecular complexity index is 603. The number of nitrogens with two attached hydrogens (primary N) is 2. The number of aromatic nitrogens is 2. The standard InChI is InChI=1S/C16H22N4OS/c1-16(2,3)11-4-6-12(7-5-11)21-8-9-22-15-19-13(17)10-14(18)20-15/h4-7,10H,8-9H2,1-3H3,(H4,17,18,19,20). The van der Waals surface area contributed by atoms with E-state index in [9.17, 15) is 0 Å². The molecule has 118 valence electrons. The largest absolute Gasteiger partial charge is 0.493 e. The first-order valence-electron chi connectivity index (χ1n) is 7.11. The first kappa shape index (κ1) is 16.4. The van der Waals surface area contributed by atoms with Crippen molar-refractivity contribution in [3.8, 4) is 5.75 Å². The Morgan fingerprint density at radius 1 is 1.05 bits per heavy atom. The molecule has 5 nitrogen and oxygen atoms in total. The second kappa shape index (κ2) is 6.87. The minimum Gasteiger partial charge on any atom is -0.493 e. The Kier molecular flexibility index (Phi) is 5.13. The molecule has 4 N–H and O–H groups in total. The Balaban J connectivity index is 1.81. The number of nitrogens with zero attached hydrogens (tertiary/aromatic N) is 2. The molecular formula is C16H22N4OS. The maximum Gasteiger partial charge on any atom is 0.191 e. The summed E-state index contributed by atoms with van der Waals surface area (Å²) < 4.78 is 5.72. The lowest BCUT2D eigenvalue weighted by Gasteiger charge is -2.19. The van der Waals surface area contributed by atoms with Crippen LogP contribution in [0.2, 0.25) is 0 Å². The minimum atomic E-state index is 0.152. The molecular weight excluding hydrogens is 296 g/mol. The minimum absolute atomic E-state index is 0.152. The smallest absolute Gasteiger partial charge is 0.191 e. The lowest BCUT2D eigenvalue weighted by Crippen LogP contribution is -2.10. The molecule has 0 aliphatic heterocycles. The maximum absolute atomic E-state index is 5.72. The molecule has 0 radical (unpaired) electrons. The van der Waals surface area contributed by atoms with E-state index in [1.165, 1.54) is 23.4 Å². The van der Waals surface area contributed by atoms with Gasteiger partial charge in [-0.05, 0) is 23.1 Å². The first-order chi connectivity index (χ1) is 10.3. The molecule has 0 fully saturated rings. The summed E-state index contributed by atoms with van der Waals surface area (Å²) in [5.74, 6) is 2.35. The number of benzene rings is 1. The van der Waals surface area contributed by atoms with E-state index in [0.29, 0.717) is 23.4 Å². The van der Waals surface area contributed by atoms with Crippen molar-refractivity contribution in [1.82, 2.24) is 9.97 Å². The average molecular weight is 318 g/mol. The van der Waals surface area contributed by atoms with Crippen molar-refractivity contribution in [2.24, 2.45) is 0 Å². The van der Waals surface area contributed by atoms with Gasteiger partial charge >= 0.3 is 0 Å². The third kappa shape index (κ3) is 4.80. The summed E-state index contributed by atoms with van der Waals surface area (Å²) in [6.07, 6.45) is 0. The van der Waals surface area contributed by atoms with E-state index in [1.807, 2.05) is 12.1 Å². The molecule has 22 heavy (non-hydrogen) atoms. The van der Waals surface area contributed by atoms with Crippen molar-refractivity contribution < 1.29 is 4.74 Å². The van der Waals surface area contributed by atoms with Gasteiger partial charge in [-0.2, -0.15) is 0 Å². The summed E-state index contributed by atoms with van der Waals surface area (Å²) in [5, 5.41) is 0.573. The van der Waals surface area contributed by atoms with Gasteiger partial charge in [0.1, 0.15) is 17.4 Å². The second-order valence-corrected chi connectivity index (χ2v) is 7.03. The first-order valence-corrected chi connectivity index (χ1v) is 8.09. The lowest BCUT2D eigenvalue weighted by atomic mass is 9.87. The highest BCUT2D eigenvalue weighted by atomic mass is 32.2. The van der Waals surface area contributed by atoms with E-state index >= 15 is 0 Å². The summed E-state index contributed by atoms with van der Waals surface area (Å²) in [7, 11) is 0. The van der Waals surface area contributed by atoms with Gasteiger partial charge in [-0.3, -0.25) is 0 Å². The molecule has 1 heterocycles. The Morgan fingerprint density at radius 3 is 2.18 bits per heavy atom. The van der Waals surface area contributed by atoms with Crippen LogP contribution in [0.4, 0.5) is 11.6 Å². The molecule has 2 rings (SSSR count). The fourth-order valence-corrected chi connectivity index (χ4v) is 2.56. The SMILES string of the molecule is CC(C)(C)c1ccc(OCCSc2nc(N)cc(N)n2)cc1. The van der Waals surface area contributed by atoms with E-state index in [0.717, 1.165) is 11.5 Å². The highest BCUT2D eigenvalue weighted by Crippen LogP contribution is 2.24. The van der Waals surface area contributed by atoms with Gasteiger partial charge in [-0.25, -0.2) is 9.97 Å². The zero-order valence-electron chi connectivity index (χ0n) is 13.2. The number of nitrogen functional groups attached to an aromatic ring is 2. The molecule has 0 amide bonds. The summed E-state index contributed by atoms with van der Waals surface area (Å²) in [4.78, 5) is 8.22. The number of anilines is 2. The van der Waals surface area contributed by atoms with Crippen molar-refractivity contribution >= 4 is 23.4 Å². The van der Waals surface area contributed by atoms with E-state index in [1.54, 1.807) is 0 Å². The molecule has 0 saturated carbocycles. The van der Waals surface area contributed by atoms with Crippen LogP contribution in [0.3, 0.4) is 0 Å². The Morgan fingerprint density at radius 2 is 1.64 bits per heavy atom. The van der Waals surface area contributed by atoms with Gasteiger partial charge in [0.25, 0.3) is 0 Å². The monoisotopic (exact) mass is 318 g/mol. The van der Waals surface area contributed by atoms with Gasteiger partial charge in [-0.15, -0.1) is 0 Å². The van der Waals surface area contributed by atoms with Crippen LogP contribution in [0.1, 0.15) is 26.3 Å². The van der Waals surface area contributed by atoms with Crippen LogP contribution >= 0.6 is 11.8 Å². The quantitative estimate of drug-likeness (QED) is 0.500. The summed E-state index contributed by atoms with van der Waals surface area (Å²) >= 11 is 1.47. The second-order valence-electron chi connectivity index (χ2n) is 5.97. The predicted octanol–water partition coefficient (Wildman–Crippen LogP) is 3.11. The van der Waals surface area contributed by atoms with Gasteiger partial charge < -0.3 is 16.2 Å². The molecule has 1 aromatic heterocycles. The maximum atomic E-state index is 5.72. The zero-order valence-corrected chi connectivity index (χ0v) is 14.0. The summed E-state index contributed by atoms with van der Waals surface area (Å²) in [6.45, 7) is 7.14. The van der Waals surface area contributed by atoms with Crippen LogP contribution in [-0.4, -0.2) is 22.3 Å². The topological polar surface area (TPSA) is 87.0 Å². The van der Waals surface area contributed by atoms with Crippen LogP contribution in [0.15, 0.2) is 35.5 Å². The van der Waals surface area contributed by atoms with Crippen LogP contribution in [0.25, 0.3) is 0 Å². The third-order valence-corrected chi connectivity index (χ3v) is 3.86. The fourth-order valence-electron chi connectivity index (χ4n) is 1.87. The number of hydrogen-bond acceptors (Lipinski definition) is 6. The highest BCUT2D eigenvalue weighted by Gasteiger charge is 2.12. The van der Waals surface area contributed by atoms with Crippen molar-refractivity contribution in [3.63, 3.8) is 0 Å². The van der Waals surface area contributed by atoms with Gasteiger partial charge in [0, 0.05) is 11.8 Å². The Hall–Kier alpha value is -1.95. The summed E-state index contributed by atoms with van der Waals surface area (Å²) in [5.41, 5.74) is 12.7. The molecule has 0 saturated heterocycles. The molecule has 2 aromatic rings. The van der Waals surface area contributed by atoms with Gasteiger partial charge in [0.05, 0.1) is 6.61 Å². The summed E-state index contributed by atoms with van der Waals surface area (Å²) in [6, 6.07) is 9.74. The molecule has 1 aromatic carbocycles. The number of rotatable bonds is 5. The lowest BCUT2D eigenvalue weighted by molar-refractivity contribution is 0.343. The third-order valence-electron chi connectivity index (χ3n) is 3.05. The predicted molar refractivity (Wildman–Crippen MR) is 92.2 cm³/mol. The molecule has 0 aliphatic rings. The number of thioether (sulfide) groups is 1. The van der Waals surface area contributed by atoms with Crippen LogP contribution in [0, 0.1) is 0 Å². The average Bonchev–Trinajstić information content (AvgIpc) is 2.42. The van der Waals surface area contributed by atoms with Crippen molar-refractivity contribution in [3.05, 3.63) is 35.9 Å². The normalized spacial score (nSPS) is 11.4. The van der Waals surface area contributed by atoms with Crippen molar-refractivity contribution in [1.29, 1.82) is 0 Å². The van der Waals surface area contributed by atoms with Crippen LogP contribution in [0.5, 0.6) is 5.75 Å². The fraction of sp³-hybridized carbons (Fsp3) is 0.375. The number of ether oxygens (including phenoxy) is 1. The van der Waals surface area contributed by atoms with E-state index in [-0.39, 0.29) is 5.41 Å². The molecule has 0 aliphatic carbocycles. The molecule has 0 bridgehead atoms. The van der Waals surface area contributed by atoms with Crippen LogP contribution in [-0.2, 0) is 5.41 Å². The van der Waals surface area contributed by atoms with Gasteiger partial charge in [0.15, 0.2) is 5.16 Å². The van der Waals surface area contributed by atoms with E-state index in [4.69, 9.17) is 16.2 Å². The highest BCUT2D eigenvalue weighted by molar-refractivity contribution is 7.99. The molecule has 6 heteroatoms.